The molecule has 0 N–H and O–H groups in total. The zero-order valence-corrected chi connectivity index (χ0v) is 21.2. The van der Waals surface area contributed by atoms with E-state index in [1.807, 2.05) is 37.3 Å². The fourth-order valence-corrected chi connectivity index (χ4v) is 4.83. The number of ether oxygens (including phenoxy) is 1. The first-order valence-electron chi connectivity index (χ1n) is 12.4. The van der Waals surface area contributed by atoms with Crippen molar-refractivity contribution in [3.63, 3.8) is 0 Å². The molecule has 3 aromatic rings. The molecule has 200 valence electrons. The maximum Gasteiger partial charge on any atom is 0.332 e. The van der Waals surface area contributed by atoms with Gasteiger partial charge in [-0.05, 0) is 56.3 Å². The molecule has 4 rings (SSSR count). The van der Waals surface area contributed by atoms with Gasteiger partial charge in [0, 0.05) is 24.7 Å². The summed E-state index contributed by atoms with van der Waals surface area (Å²) in [4.78, 5) is 44.3. The number of halogens is 2. The molecule has 2 heterocycles. The summed E-state index contributed by atoms with van der Waals surface area (Å²) < 4.78 is 34.3. The maximum atomic E-state index is 13.8. The number of hydrogen-bond acceptors (Lipinski definition) is 5. The van der Waals surface area contributed by atoms with Crippen LogP contribution < -0.4 is 16.0 Å². The Hall–Kier alpha value is -4.08. The molecule has 0 bridgehead atoms. The highest BCUT2D eigenvalue weighted by molar-refractivity contribution is 5.80. The van der Waals surface area contributed by atoms with Crippen LogP contribution in [0.1, 0.15) is 36.9 Å². The topological polar surface area (TPSA) is 85.9 Å². The van der Waals surface area contributed by atoms with E-state index < -0.39 is 30.7 Å². The molecular formula is C28H30F2N4O4. The highest BCUT2D eigenvalue weighted by Crippen LogP contribution is 2.26. The first kappa shape index (κ1) is 27.0. The Balaban J connectivity index is 1.86. The van der Waals surface area contributed by atoms with Gasteiger partial charge in [-0.3, -0.25) is 23.7 Å². The smallest absolute Gasteiger partial charge is 0.332 e. The van der Waals surface area contributed by atoms with Crippen LogP contribution in [0.2, 0.25) is 0 Å². The lowest BCUT2D eigenvalue weighted by Crippen LogP contribution is -2.44. The van der Waals surface area contributed by atoms with Crippen molar-refractivity contribution >= 4 is 29.7 Å². The third kappa shape index (κ3) is 5.44. The van der Waals surface area contributed by atoms with Crippen molar-refractivity contribution in [2.45, 2.75) is 38.5 Å². The third-order valence-corrected chi connectivity index (χ3v) is 6.81. The molecule has 1 aliphatic rings. The number of aliphatic imine (C=N–C) groups is 1. The summed E-state index contributed by atoms with van der Waals surface area (Å²) in [5.74, 6) is 0.138. The minimum Gasteiger partial charge on any atom is -0.485 e. The summed E-state index contributed by atoms with van der Waals surface area (Å²) >= 11 is 0. The molecular weight excluding hydrogens is 494 g/mol. The van der Waals surface area contributed by atoms with E-state index in [0.717, 1.165) is 16.5 Å². The van der Waals surface area contributed by atoms with Crippen LogP contribution in [-0.2, 0) is 11.3 Å². The first-order chi connectivity index (χ1) is 18.4. The Morgan fingerprint density at radius 2 is 1.89 bits per heavy atom. The largest absolute Gasteiger partial charge is 0.485 e. The van der Waals surface area contributed by atoms with Gasteiger partial charge >= 0.3 is 5.69 Å². The third-order valence-electron chi connectivity index (χ3n) is 6.81. The molecule has 2 aromatic carbocycles. The van der Waals surface area contributed by atoms with E-state index >= 15 is 0 Å². The monoisotopic (exact) mass is 524 g/mol. The number of benzene rings is 2. The standard InChI is InChI=1S/C28H30F2N4O4/c1-3-25(31-2)20-6-4-5-19(13-20)17-33-27(36)24-14-22(38-23(15-29)16-30)7-8-26(24)34(28(33)37)21-9-11-32(18-35)12-10-21/h3-8,13-14,18,21,23H,2,9-12,15-17H2,1H3/b25-3-. The molecule has 10 heteroatoms. The maximum absolute atomic E-state index is 13.8. The van der Waals surface area contributed by atoms with E-state index in [2.05, 4.69) is 11.7 Å². The Kier molecular flexibility index (Phi) is 8.50. The number of carbonyl (C=O) groups excluding carboxylic acids is 1. The summed E-state index contributed by atoms with van der Waals surface area (Å²) in [6.07, 6.45) is 2.41. The second-order valence-corrected chi connectivity index (χ2v) is 9.18. The number of likely N-dealkylation sites (tertiary alicyclic amines) is 1. The van der Waals surface area contributed by atoms with Gasteiger partial charge in [-0.2, -0.15) is 0 Å². The van der Waals surface area contributed by atoms with Crippen molar-refractivity contribution in [2.24, 2.45) is 4.99 Å². The van der Waals surface area contributed by atoms with Gasteiger partial charge in [0.25, 0.3) is 5.56 Å². The second kappa shape index (κ2) is 12.0. The number of aromatic nitrogens is 2. The molecule has 0 atom stereocenters. The second-order valence-electron chi connectivity index (χ2n) is 9.18. The molecule has 8 nitrogen and oxygen atoms in total. The Labute approximate surface area is 218 Å². The summed E-state index contributed by atoms with van der Waals surface area (Å²) in [5, 5.41) is 0.203. The molecule has 1 fully saturated rings. The van der Waals surface area contributed by atoms with Crippen LogP contribution in [0.3, 0.4) is 0 Å². The molecule has 1 amide bonds. The van der Waals surface area contributed by atoms with E-state index in [1.165, 1.54) is 12.1 Å². The van der Waals surface area contributed by atoms with Crippen molar-refractivity contribution in [2.75, 3.05) is 26.4 Å². The SMILES string of the molecule is C=N/C(=C\C)c1cccc(Cn2c(=O)c3cc(OC(CF)CF)ccc3n(C3CCN(C=O)CC3)c2=O)c1. The minimum atomic E-state index is -1.28. The van der Waals surface area contributed by atoms with Gasteiger partial charge in [-0.15, -0.1) is 0 Å². The minimum absolute atomic E-state index is 0.00539. The van der Waals surface area contributed by atoms with Gasteiger partial charge in [0.1, 0.15) is 19.1 Å². The fraction of sp³-hybridized carbons (Fsp3) is 0.357. The summed E-state index contributed by atoms with van der Waals surface area (Å²) in [7, 11) is 0. The van der Waals surface area contributed by atoms with Crippen molar-refractivity contribution in [3.05, 3.63) is 80.5 Å². The number of rotatable bonds is 10. The molecule has 0 aliphatic carbocycles. The number of alkyl halides is 2. The molecule has 0 spiro atoms. The molecule has 0 unspecified atom stereocenters. The van der Waals surface area contributed by atoms with Gasteiger partial charge in [0.2, 0.25) is 6.41 Å². The van der Waals surface area contributed by atoms with Crippen molar-refractivity contribution in [1.82, 2.24) is 14.0 Å². The van der Waals surface area contributed by atoms with Gasteiger partial charge in [-0.25, -0.2) is 13.6 Å². The molecule has 0 saturated carbocycles. The first-order valence-corrected chi connectivity index (χ1v) is 12.4. The van der Waals surface area contributed by atoms with E-state index in [9.17, 15) is 23.2 Å². The van der Waals surface area contributed by atoms with Crippen LogP contribution >= 0.6 is 0 Å². The zero-order chi connectivity index (χ0) is 27.2. The number of hydrogen-bond donors (Lipinski definition) is 0. The van der Waals surface area contributed by atoms with Crippen molar-refractivity contribution in [3.8, 4) is 5.75 Å². The molecule has 1 aromatic heterocycles. The van der Waals surface area contributed by atoms with Crippen LogP contribution in [-0.4, -0.2) is 59.7 Å². The van der Waals surface area contributed by atoms with Crippen molar-refractivity contribution in [1.29, 1.82) is 0 Å². The number of nitrogens with zero attached hydrogens (tertiary/aromatic N) is 4. The Bertz CT molecular complexity index is 1470. The van der Waals surface area contributed by atoms with Crippen LogP contribution in [0.5, 0.6) is 5.75 Å². The normalized spacial score (nSPS) is 14.7. The summed E-state index contributed by atoms with van der Waals surface area (Å²) in [6, 6.07) is 11.6. The van der Waals surface area contributed by atoms with Crippen LogP contribution in [0, 0.1) is 0 Å². The predicted molar refractivity (Wildman–Crippen MR) is 143 cm³/mol. The fourth-order valence-electron chi connectivity index (χ4n) is 4.83. The molecule has 38 heavy (non-hydrogen) atoms. The summed E-state index contributed by atoms with van der Waals surface area (Å²) in [5.41, 5.74) is 1.60. The van der Waals surface area contributed by atoms with E-state index in [4.69, 9.17) is 4.74 Å². The molecule has 1 aliphatic heterocycles. The highest BCUT2D eigenvalue weighted by Gasteiger charge is 2.25. The number of amides is 1. The lowest BCUT2D eigenvalue weighted by molar-refractivity contribution is -0.119. The van der Waals surface area contributed by atoms with E-state index in [-0.39, 0.29) is 23.7 Å². The van der Waals surface area contributed by atoms with Gasteiger partial charge < -0.3 is 9.64 Å². The number of piperidine rings is 1. The average molecular weight is 525 g/mol. The lowest BCUT2D eigenvalue weighted by atomic mass is 10.0. The summed E-state index contributed by atoms with van der Waals surface area (Å²) in [6.45, 7) is 4.38. The lowest BCUT2D eigenvalue weighted by Gasteiger charge is -2.31. The highest BCUT2D eigenvalue weighted by atomic mass is 19.1. The number of fused-ring (bicyclic) bond motifs is 1. The quantitative estimate of drug-likeness (QED) is 0.299. The Morgan fingerprint density at radius 3 is 2.53 bits per heavy atom. The van der Waals surface area contributed by atoms with E-state index in [0.29, 0.717) is 42.7 Å². The van der Waals surface area contributed by atoms with Gasteiger partial charge in [0.15, 0.2) is 6.10 Å². The Morgan fingerprint density at radius 1 is 1.16 bits per heavy atom. The van der Waals surface area contributed by atoms with E-state index in [1.54, 1.807) is 15.5 Å². The van der Waals surface area contributed by atoms with Crippen LogP contribution in [0.4, 0.5) is 8.78 Å². The van der Waals surface area contributed by atoms with Crippen molar-refractivity contribution < 1.29 is 18.3 Å². The number of allylic oxidation sites excluding steroid dienone is 1. The molecule has 0 radical (unpaired) electrons. The van der Waals surface area contributed by atoms with Crippen LogP contribution in [0.25, 0.3) is 16.6 Å². The predicted octanol–water partition coefficient (Wildman–Crippen LogP) is 3.75. The molecule has 1 saturated heterocycles. The van der Waals surface area contributed by atoms with Gasteiger partial charge in [-0.1, -0.05) is 24.3 Å². The number of carbonyl (C=O) groups is 1. The van der Waals surface area contributed by atoms with Crippen LogP contribution in [0.15, 0.2) is 63.1 Å². The zero-order valence-electron chi connectivity index (χ0n) is 21.2. The average Bonchev–Trinajstić information content (AvgIpc) is 2.95. The van der Waals surface area contributed by atoms with Gasteiger partial charge in [0.05, 0.1) is 23.1 Å².